The molecule has 0 radical (unpaired) electrons. The number of fused-ring (bicyclic) bond motifs is 2. The molecule has 154 valence electrons. The zero-order valence-electron chi connectivity index (χ0n) is 15.7. The molecule has 0 spiro atoms. The number of ether oxygens (including phenoxy) is 1. The Morgan fingerprint density at radius 3 is 2.67 bits per heavy atom. The molecule has 1 unspecified atom stereocenters. The average Bonchev–Trinajstić information content (AvgIpc) is 3.28. The predicted molar refractivity (Wildman–Crippen MR) is 99.9 cm³/mol. The first kappa shape index (κ1) is 18.7. The third-order valence-electron chi connectivity index (χ3n) is 5.21. The van der Waals surface area contributed by atoms with Crippen molar-refractivity contribution in [3.05, 3.63) is 53.7 Å². The molecule has 30 heavy (non-hydrogen) atoms. The minimum Gasteiger partial charge on any atom is -0.360 e. The normalized spacial score (nSPS) is 16.8. The van der Waals surface area contributed by atoms with Crippen LogP contribution >= 0.6 is 0 Å². The van der Waals surface area contributed by atoms with Gasteiger partial charge in [-0.3, -0.25) is 9.78 Å². The Hall–Kier alpha value is -3.27. The van der Waals surface area contributed by atoms with Gasteiger partial charge >= 0.3 is 6.18 Å². The van der Waals surface area contributed by atoms with Crippen LogP contribution in [-0.2, 0) is 17.9 Å². The van der Waals surface area contributed by atoms with Crippen molar-refractivity contribution in [1.82, 2.24) is 25.0 Å². The first-order valence-corrected chi connectivity index (χ1v) is 9.17. The molecule has 0 bridgehead atoms. The van der Waals surface area contributed by atoms with E-state index in [2.05, 4.69) is 20.3 Å². The molecule has 0 fully saturated rings. The summed E-state index contributed by atoms with van der Waals surface area (Å²) in [6.45, 7) is 1.10. The Morgan fingerprint density at radius 1 is 1.17 bits per heavy atom. The van der Waals surface area contributed by atoms with Crippen LogP contribution in [0.3, 0.4) is 0 Å². The summed E-state index contributed by atoms with van der Waals surface area (Å²) in [5, 5.41) is 12.3. The Kier molecular flexibility index (Phi) is 4.14. The van der Waals surface area contributed by atoms with Gasteiger partial charge in [-0.25, -0.2) is 9.37 Å². The van der Waals surface area contributed by atoms with Crippen molar-refractivity contribution in [2.45, 2.75) is 32.4 Å². The van der Waals surface area contributed by atoms with Crippen LogP contribution in [0.5, 0.6) is 0 Å². The molecular formula is C20H15F4N5O. The van der Waals surface area contributed by atoms with Crippen molar-refractivity contribution >= 4 is 11.0 Å². The fraction of sp³-hybridized carbons (Fsp3) is 0.250. The summed E-state index contributed by atoms with van der Waals surface area (Å²) in [5.74, 6) is -0.415. The molecule has 4 heterocycles. The number of nitrogens with zero attached hydrogens (tertiary/aromatic N) is 4. The molecule has 1 aromatic carbocycles. The zero-order chi connectivity index (χ0) is 21.0. The van der Waals surface area contributed by atoms with E-state index in [0.717, 1.165) is 10.9 Å². The standard InChI is InChI=1S/C20H15F4N5O/c1-10-16-13(6-7-25-19(16)27-26-10)17-14-9-30-15(20(22,23)24)8-29(14)28-18(17)11-2-4-12(21)5-3-11/h2-7,15H,8-9H2,1H3,(H,25,26,27). The van der Waals surface area contributed by atoms with Crippen LogP contribution in [0.15, 0.2) is 36.5 Å². The van der Waals surface area contributed by atoms with Gasteiger partial charge < -0.3 is 4.74 Å². The number of aryl methyl sites for hydroxylation is 1. The maximum atomic E-state index is 13.5. The summed E-state index contributed by atoms with van der Waals surface area (Å²) < 4.78 is 59.6. The Balaban J connectivity index is 1.76. The van der Waals surface area contributed by atoms with Crippen molar-refractivity contribution in [2.24, 2.45) is 0 Å². The molecule has 0 aliphatic carbocycles. The zero-order valence-corrected chi connectivity index (χ0v) is 15.7. The molecule has 1 N–H and O–H groups in total. The fourth-order valence-corrected chi connectivity index (χ4v) is 3.79. The lowest BCUT2D eigenvalue weighted by molar-refractivity contribution is -0.234. The van der Waals surface area contributed by atoms with Gasteiger partial charge in [-0.15, -0.1) is 0 Å². The number of benzene rings is 1. The molecule has 1 aliphatic heterocycles. The largest absolute Gasteiger partial charge is 0.416 e. The number of rotatable bonds is 2. The van der Waals surface area contributed by atoms with Crippen molar-refractivity contribution in [2.75, 3.05) is 0 Å². The summed E-state index contributed by atoms with van der Waals surface area (Å²) in [7, 11) is 0. The Morgan fingerprint density at radius 2 is 1.93 bits per heavy atom. The van der Waals surface area contributed by atoms with Gasteiger partial charge in [0.05, 0.1) is 24.5 Å². The quantitative estimate of drug-likeness (QED) is 0.491. The second-order valence-corrected chi connectivity index (χ2v) is 7.09. The summed E-state index contributed by atoms with van der Waals surface area (Å²) in [6.07, 6.45) is -4.84. The minimum absolute atomic E-state index is 0.256. The summed E-state index contributed by atoms with van der Waals surface area (Å²) >= 11 is 0. The SMILES string of the molecule is Cc1n[nH]c2nccc(-c3c(-c4ccc(F)cc4)nn4c3COC(C(F)(F)F)C4)c12. The van der Waals surface area contributed by atoms with Crippen LogP contribution in [-0.4, -0.2) is 37.2 Å². The number of hydrogen-bond acceptors (Lipinski definition) is 4. The number of alkyl halides is 3. The van der Waals surface area contributed by atoms with E-state index in [-0.39, 0.29) is 6.61 Å². The first-order valence-electron chi connectivity index (χ1n) is 9.17. The van der Waals surface area contributed by atoms with E-state index in [1.807, 2.05) is 6.92 Å². The van der Waals surface area contributed by atoms with E-state index in [4.69, 9.17) is 4.74 Å². The van der Waals surface area contributed by atoms with Gasteiger partial charge in [0.15, 0.2) is 11.8 Å². The van der Waals surface area contributed by atoms with Gasteiger partial charge in [0.25, 0.3) is 0 Å². The van der Waals surface area contributed by atoms with Gasteiger partial charge in [-0.1, -0.05) is 0 Å². The summed E-state index contributed by atoms with van der Waals surface area (Å²) in [5.41, 5.74) is 4.15. The Labute approximate surface area is 167 Å². The van der Waals surface area contributed by atoms with E-state index >= 15 is 0 Å². The van der Waals surface area contributed by atoms with Crippen LogP contribution in [0.4, 0.5) is 17.6 Å². The highest BCUT2D eigenvalue weighted by atomic mass is 19.4. The molecule has 0 amide bonds. The molecule has 6 nitrogen and oxygen atoms in total. The van der Waals surface area contributed by atoms with Crippen molar-refractivity contribution < 1.29 is 22.3 Å². The van der Waals surface area contributed by atoms with Crippen LogP contribution in [0.25, 0.3) is 33.4 Å². The third-order valence-corrected chi connectivity index (χ3v) is 5.21. The number of nitrogens with one attached hydrogen (secondary N) is 1. The highest BCUT2D eigenvalue weighted by molar-refractivity contribution is 5.99. The summed E-state index contributed by atoms with van der Waals surface area (Å²) in [6, 6.07) is 7.45. The molecule has 0 saturated carbocycles. The topological polar surface area (TPSA) is 68.6 Å². The lowest BCUT2D eigenvalue weighted by Crippen LogP contribution is -2.39. The maximum absolute atomic E-state index is 13.5. The first-order chi connectivity index (χ1) is 14.3. The number of halogens is 4. The van der Waals surface area contributed by atoms with Crippen LogP contribution in [0.1, 0.15) is 11.4 Å². The average molecular weight is 417 g/mol. The maximum Gasteiger partial charge on any atom is 0.416 e. The number of hydrogen-bond donors (Lipinski definition) is 1. The van der Waals surface area contributed by atoms with E-state index in [9.17, 15) is 17.6 Å². The minimum atomic E-state index is -4.50. The van der Waals surface area contributed by atoms with Gasteiger partial charge in [0.2, 0.25) is 0 Å². The van der Waals surface area contributed by atoms with Crippen LogP contribution < -0.4 is 0 Å². The van der Waals surface area contributed by atoms with Crippen molar-refractivity contribution in [3.8, 4) is 22.4 Å². The predicted octanol–water partition coefficient (Wildman–Crippen LogP) is 4.40. The van der Waals surface area contributed by atoms with E-state index in [1.165, 1.54) is 16.8 Å². The van der Waals surface area contributed by atoms with Crippen LogP contribution in [0.2, 0.25) is 0 Å². The van der Waals surface area contributed by atoms with Crippen LogP contribution in [0, 0.1) is 12.7 Å². The number of pyridine rings is 1. The molecular weight excluding hydrogens is 402 g/mol. The van der Waals surface area contributed by atoms with Crippen molar-refractivity contribution in [3.63, 3.8) is 0 Å². The highest BCUT2D eigenvalue weighted by Crippen LogP contribution is 2.41. The Bertz CT molecular complexity index is 1240. The second-order valence-electron chi connectivity index (χ2n) is 7.09. The fourth-order valence-electron chi connectivity index (χ4n) is 3.79. The van der Waals surface area contributed by atoms with E-state index in [0.29, 0.717) is 33.9 Å². The molecule has 0 saturated heterocycles. The van der Waals surface area contributed by atoms with Gasteiger partial charge in [0, 0.05) is 28.3 Å². The molecule has 1 aliphatic rings. The monoisotopic (exact) mass is 417 g/mol. The molecule has 10 heteroatoms. The smallest absolute Gasteiger partial charge is 0.360 e. The molecule has 1 atom stereocenters. The van der Waals surface area contributed by atoms with E-state index < -0.39 is 24.6 Å². The molecule has 4 aromatic rings. The highest BCUT2D eigenvalue weighted by Gasteiger charge is 2.44. The van der Waals surface area contributed by atoms with Gasteiger partial charge in [0.1, 0.15) is 11.5 Å². The number of aromatic amines is 1. The summed E-state index contributed by atoms with van der Waals surface area (Å²) in [4.78, 5) is 4.27. The van der Waals surface area contributed by atoms with Crippen molar-refractivity contribution in [1.29, 1.82) is 0 Å². The van der Waals surface area contributed by atoms with E-state index in [1.54, 1.807) is 24.4 Å². The number of aromatic nitrogens is 5. The third kappa shape index (κ3) is 2.95. The molecule has 5 rings (SSSR count). The van der Waals surface area contributed by atoms with Gasteiger partial charge in [-0.2, -0.15) is 23.4 Å². The number of H-pyrrole nitrogens is 1. The lowest BCUT2D eigenvalue weighted by atomic mass is 9.96. The molecule has 3 aromatic heterocycles. The van der Waals surface area contributed by atoms with Gasteiger partial charge in [-0.05, 0) is 37.3 Å². The second kappa shape index (κ2) is 6.63. The lowest BCUT2D eigenvalue weighted by Gasteiger charge is -2.26.